The number of primary amides is 1. The lowest BCUT2D eigenvalue weighted by molar-refractivity contribution is -0.118. The molecule has 0 saturated carbocycles. The first-order valence-corrected chi connectivity index (χ1v) is 8.35. The summed E-state index contributed by atoms with van der Waals surface area (Å²) in [6, 6.07) is 7.82. The fourth-order valence-electron chi connectivity index (χ4n) is 2.37. The van der Waals surface area contributed by atoms with Gasteiger partial charge in [0, 0.05) is 6.42 Å². The minimum absolute atomic E-state index is 0.215. The molecule has 0 heterocycles. The molecule has 1 rings (SSSR count). The van der Waals surface area contributed by atoms with Crippen LogP contribution >= 0.6 is 0 Å². The van der Waals surface area contributed by atoms with Gasteiger partial charge in [-0.05, 0) is 37.0 Å². The van der Waals surface area contributed by atoms with Gasteiger partial charge in [-0.15, -0.1) is 0 Å². The fraction of sp³-hybridized carbons (Fsp3) is 0.556. The summed E-state index contributed by atoms with van der Waals surface area (Å²) in [6.45, 7) is 2.53. The predicted octanol–water partition coefficient (Wildman–Crippen LogP) is 2.57. The van der Waals surface area contributed by atoms with Crippen molar-refractivity contribution < 1.29 is 14.3 Å². The van der Waals surface area contributed by atoms with Gasteiger partial charge in [0.1, 0.15) is 12.4 Å². The molecule has 0 aliphatic rings. The topological polar surface area (TPSA) is 81.4 Å². The highest BCUT2D eigenvalue weighted by atomic mass is 16.5. The second kappa shape index (κ2) is 11.5. The Balaban J connectivity index is 2.44. The van der Waals surface area contributed by atoms with Gasteiger partial charge in [-0.25, -0.2) is 0 Å². The molecule has 2 amide bonds. The van der Waals surface area contributed by atoms with E-state index in [2.05, 4.69) is 18.3 Å². The van der Waals surface area contributed by atoms with Crippen molar-refractivity contribution in [1.82, 2.24) is 5.32 Å². The van der Waals surface area contributed by atoms with Gasteiger partial charge in [-0.3, -0.25) is 9.59 Å². The molecule has 128 valence electrons. The Labute approximate surface area is 138 Å². The van der Waals surface area contributed by atoms with Crippen LogP contribution < -0.4 is 15.8 Å². The maximum Gasteiger partial charge on any atom is 0.217 e. The first kappa shape index (κ1) is 19.0. The SMILES string of the molecule is CCCCCCc1cccc(OCC(CCC(N)=O)NC=O)c1. The Hall–Kier alpha value is -2.04. The smallest absolute Gasteiger partial charge is 0.217 e. The molecule has 0 fully saturated rings. The molecule has 0 aliphatic carbocycles. The highest BCUT2D eigenvalue weighted by molar-refractivity contribution is 5.73. The van der Waals surface area contributed by atoms with Crippen LogP contribution in [0.4, 0.5) is 0 Å². The number of hydrogen-bond acceptors (Lipinski definition) is 3. The number of ether oxygens (including phenoxy) is 1. The molecule has 1 aromatic rings. The van der Waals surface area contributed by atoms with Crippen LogP contribution in [-0.2, 0) is 16.0 Å². The quantitative estimate of drug-likeness (QED) is 0.433. The van der Waals surface area contributed by atoms with Gasteiger partial charge in [0.05, 0.1) is 6.04 Å². The van der Waals surface area contributed by atoms with Gasteiger partial charge in [-0.2, -0.15) is 0 Å². The average molecular weight is 320 g/mol. The molecule has 5 nitrogen and oxygen atoms in total. The first-order chi connectivity index (χ1) is 11.2. The molecule has 0 saturated heterocycles. The monoisotopic (exact) mass is 320 g/mol. The fourth-order valence-corrected chi connectivity index (χ4v) is 2.37. The highest BCUT2D eigenvalue weighted by Crippen LogP contribution is 2.16. The maximum atomic E-state index is 10.8. The normalized spacial score (nSPS) is 11.7. The first-order valence-electron chi connectivity index (χ1n) is 8.35. The molecule has 1 atom stereocenters. The van der Waals surface area contributed by atoms with Gasteiger partial charge >= 0.3 is 0 Å². The number of rotatable bonds is 13. The second-order valence-corrected chi connectivity index (χ2v) is 5.76. The number of nitrogens with one attached hydrogen (secondary N) is 1. The van der Waals surface area contributed by atoms with E-state index in [1.165, 1.54) is 31.2 Å². The van der Waals surface area contributed by atoms with Crippen LogP contribution in [0.1, 0.15) is 51.0 Å². The number of carbonyl (C=O) groups excluding carboxylic acids is 2. The number of hydrogen-bond donors (Lipinski definition) is 2. The summed E-state index contributed by atoms with van der Waals surface area (Å²) in [5, 5.41) is 2.66. The molecule has 1 aromatic carbocycles. The van der Waals surface area contributed by atoms with Gasteiger partial charge in [0.25, 0.3) is 0 Å². The molecule has 0 spiro atoms. The van der Waals surface area contributed by atoms with Crippen molar-refractivity contribution >= 4 is 12.3 Å². The second-order valence-electron chi connectivity index (χ2n) is 5.76. The Morgan fingerprint density at radius 3 is 2.87 bits per heavy atom. The summed E-state index contributed by atoms with van der Waals surface area (Å²) in [6.07, 6.45) is 7.32. The molecule has 5 heteroatoms. The molecule has 0 bridgehead atoms. The van der Waals surface area contributed by atoms with Crippen molar-refractivity contribution in [2.75, 3.05) is 6.61 Å². The van der Waals surface area contributed by atoms with E-state index in [0.717, 1.165) is 12.2 Å². The Kier molecular flexibility index (Phi) is 9.52. The van der Waals surface area contributed by atoms with Gasteiger partial charge in [0.2, 0.25) is 12.3 Å². The standard InChI is InChI=1S/C18H28N2O3/c1-2-3-4-5-7-15-8-6-9-17(12-15)23-13-16(20-14-21)10-11-18(19)22/h6,8-9,12,14,16H,2-5,7,10-11,13H2,1H3,(H2,19,22)(H,20,21). The molecule has 0 aliphatic heterocycles. The minimum Gasteiger partial charge on any atom is -0.491 e. The zero-order valence-corrected chi connectivity index (χ0v) is 13.9. The molecular weight excluding hydrogens is 292 g/mol. The van der Waals surface area contributed by atoms with Crippen LogP contribution in [-0.4, -0.2) is 25.0 Å². The van der Waals surface area contributed by atoms with Crippen LogP contribution in [0, 0.1) is 0 Å². The van der Waals surface area contributed by atoms with E-state index in [1.807, 2.05) is 18.2 Å². The van der Waals surface area contributed by atoms with Crippen LogP contribution in [0.2, 0.25) is 0 Å². The molecule has 23 heavy (non-hydrogen) atoms. The maximum absolute atomic E-state index is 10.8. The summed E-state index contributed by atoms with van der Waals surface area (Å²) in [5.74, 6) is 0.409. The molecule has 0 aromatic heterocycles. The van der Waals surface area contributed by atoms with Crippen molar-refractivity contribution in [3.05, 3.63) is 29.8 Å². The summed E-state index contributed by atoms with van der Waals surface area (Å²) in [5.41, 5.74) is 6.40. The average Bonchev–Trinajstić information content (AvgIpc) is 2.54. The predicted molar refractivity (Wildman–Crippen MR) is 91.2 cm³/mol. The van der Waals surface area contributed by atoms with E-state index >= 15 is 0 Å². The van der Waals surface area contributed by atoms with E-state index in [-0.39, 0.29) is 18.4 Å². The van der Waals surface area contributed by atoms with Crippen molar-refractivity contribution in [3.8, 4) is 5.75 Å². The van der Waals surface area contributed by atoms with Gasteiger partial charge in [-0.1, -0.05) is 38.3 Å². The lowest BCUT2D eigenvalue weighted by Crippen LogP contribution is -2.34. The molecule has 0 radical (unpaired) electrons. The Morgan fingerprint density at radius 1 is 1.35 bits per heavy atom. The van der Waals surface area contributed by atoms with E-state index in [9.17, 15) is 9.59 Å². The third-order valence-corrected chi connectivity index (χ3v) is 3.71. The largest absolute Gasteiger partial charge is 0.491 e. The molecular formula is C18H28N2O3. The molecule has 1 unspecified atom stereocenters. The number of carbonyl (C=O) groups is 2. The van der Waals surface area contributed by atoms with Crippen LogP contribution in [0.15, 0.2) is 24.3 Å². The van der Waals surface area contributed by atoms with E-state index in [4.69, 9.17) is 10.5 Å². The summed E-state index contributed by atoms with van der Waals surface area (Å²) < 4.78 is 5.75. The van der Waals surface area contributed by atoms with E-state index in [1.54, 1.807) is 0 Å². The van der Waals surface area contributed by atoms with Gasteiger partial charge in [0.15, 0.2) is 0 Å². The number of unbranched alkanes of at least 4 members (excludes halogenated alkanes) is 3. The third-order valence-electron chi connectivity index (χ3n) is 3.71. The Morgan fingerprint density at radius 2 is 2.17 bits per heavy atom. The van der Waals surface area contributed by atoms with E-state index in [0.29, 0.717) is 19.4 Å². The van der Waals surface area contributed by atoms with Gasteiger partial charge < -0.3 is 15.8 Å². The Bertz CT molecular complexity index is 477. The van der Waals surface area contributed by atoms with Crippen molar-refractivity contribution in [2.45, 2.75) is 57.9 Å². The summed E-state index contributed by atoms with van der Waals surface area (Å²) in [7, 11) is 0. The molecule has 3 N–H and O–H groups in total. The van der Waals surface area contributed by atoms with Crippen molar-refractivity contribution in [1.29, 1.82) is 0 Å². The lowest BCUT2D eigenvalue weighted by Gasteiger charge is -2.16. The lowest BCUT2D eigenvalue weighted by atomic mass is 10.1. The number of amides is 2. The van der Waals surface area contributed by atoms with E-state index < -0.39 is 0 Å². The van der Waals surface area contributed by atoms with Crippen LogP contribution in [0.25, 0.3) is 0 Å². The zero-order valence-electron chi connectivity index (χ0n) is 13.9. The number of nitrogens with two attached hydrogens (primary N) is 1. The zero-order chi connectivity index (χ0) is 16.9. The summed E-state index contributed by atoms with van der Waals surface area (Å²) in [4.78, 5) is 21.5. The third kappa shape index (κ3) is 8.86. The minimum atomic E-state index is -0.378. The summed E-state index contributed by atoms with van der Waals surface area (Å²) >= 11 is 0. The van der Waals surface area contributed by atoms with Crippen molar-refractivity contribution in [2.24, 2.45) is 5.73 Å². The number of aryl methyl sites for hydroxylation is 1. The number of benzene rings is 1. The van der Waals surface area contributed by atoms with Crippen molar-refractivity contribution in [3.63, 3.8) is 0 Å². The highest BCUT2D eigenvalue weighted by Gasteiger charge is 2.10. The van der Waals surface area contributed by atoms with Crippen LogP contribution in [0.3, 0.4) is 0 Å². The van der Waals surface area contributed by atoms with Crippen LogP contribution in [0.5, 0.6) is 5.75 Å².